The number of nitrogens with zero attached hydrogens (tertiary/aromatic N) is 2. The number of aryl methyl sites for hydroxylation is 1. The van der Waals surface area contributed by atoms with Crippen LogP contribution >= 0.6 is 0 Å². The highest BCUT2D eigenvalue weighted by atomic mass is 16.5. The molecule has 0 radical (unpaired) electrons. The number of carbonyl (C=O) groups is 2. The van der Waals surface area contributed by atoms with Gasteiger partial charge in [0.25, 0.3) is 11.7 Å². The third-order valence-corrected chi connectivity index (χ3v) is 7.54. The van der Waals surface area contributed by atoms with E-state index in [0.29, 0.717) is 37.7 Å². The average molecular weight is 535 g/mol. The van der Waals surface area contributed by atoms with Crippen LogP contribution in [0.4, 0.5) is 0 Å². The SMILES string of the molecule is CCCOc1ccc(C(O)=C2C(=O)C(=O)N(CCCN3CCOCC3)[C@H]2c2ccc(C(C)(C)C)cc2)c(C)c1. The Morgan fingerprint density at radius 3 is 2.36 bits per heavy atom. The van der Waals surface area contributed by atoms with Gasteiger partial charge in [0, 0.05) is 31.7 Å². The van der Waals surface area contributed by atoms with Gasteiger partial charge in [-0.1, -0.05) is 52.0 Å². The molecule has 0 aliphatic carbocycles. The maximum absolute atomic E-state index is 13.5. The zero-order valence-corrected chi connectivity index (χ0v) is 24.0. The van der Waals surface area contributed by atoms with Crippen molar-refractivity contribution in [2.24, 2.45) is 0 Å². The number of morpholine rings is 1. The molecule has 0 spiro atoms. The summed E-state index contributed by atoms with van der Waals surface area (Å²) in [6.07, 6.45) is 1.62. The highest BCUT2D eigenvalue weighted by molar-refractivity contribution is 6.46. The number of Topliss-reactive ketones (excluding diaryl/α,β-unsaturated/α-hetero) is 1. The van der Waals surface area contributed by atoms with Crippen molar-refractivity contribution in [3.63, 3.8) is 0 Å². The first-order valence-electron chi connectivity index (χ1n) is 14.0. The standard InChI is InChI=1S/C32H42N2O5/c1-6-18-39-25-12-13-26(22(2)21-25)29(35)27-28(23-8-10-24(11-9-23)32(3,4)5)34(31(37)30(27)36)15-7-14-33-16-19-38-20-17-33/h8-13,21,28,35H,6-7,14-20H2,1-5H3/t28-/m0/s1. The molecule has 7 heteroatoms. The second-order valence-corrected chi connectivity index (χ2v) is 11.5. The van der Waals surface area contributed by atoms with E-state index < -0.39 is 17.7 Å². The van der Waals surface area contributed by atoms with E-state index in [1.54, 1.807) is 17.0 Å². The molecule has 1 atom stereocenters. The summed E-state index contributed by atoms with van der Waals surface area (Å²) in [6, 6.07) is 12.8. The van der Waals surface area contributed by atoms with E-state index in [1.165, 1.54) is 0 Å². The van der Waals surface area contributed by atoms with Gasteiger partial charge in [-0.15, -0.1) is 0 Å². The quantitative estimate of drug-likeness (QED) is 0.270. The maximum atomic E-state index is 13.5. The molecular formula is C32H42N2O5. The molecule has 2 heterocycles. The Morgan fingerprint density at radius 1 is 1.05 bits per heavy atom. The summed E-state index contributed by atoms with van der Waals surface area (Å²) in [4.78, 5) is 30.8. The molecule has 2 fully saturated rings. The summed E-state index contributed by atoms with van der Waals surface area (Å²) in [7, 11) is 0. The van der Waals surface area contributed by atoms with E-state index in [0.717, 1.165) is 49.2 Å². The highest BCUT2D eigenvalue weighted by Gasteiger charge is 2.46. The van der Waals surface area contributed by atoms with E-state index in [1.807, 2.05) is 44.2 Å². The van der Waals surface area contributed by atoms with E-state index in [2.05, 4.69) is 25.7 Å². The van der Waals surface area contributed by atoms with Crippen molar-refractivity contribution in [3.05, 3.63) is 70.3 Å². The van der Waals surface area contributed by atoms with E-state index >= 15 is 0 Å². The van der Waals surface area contributed by atoms with E-state index in [9.17, 15) is 14.7 Å². The molecule has 1 amide bonds. The van der Waals surface area contributed by atoms with Gasteiger partial charge in [-0.05, 0) is 60.1 Å². The molecule has 39 heavy (non-hydrogen) atoms. The first-order valence-corrected chi connectivity index (χ1v) is 14.0. The van der Waals surface area contributed by atoms with Crippen LogP contribution in [0.25, 0.3) is 5.76 Å². The van der Waals surface area contributed by atoms with Gasteiger partial charge in [-0.25, -0.2) is 0 Å². The van der Waals surface area contributed by atoms with Crippen molar-refractivity contribution in [1.82, 2.24) is 9.80 Å². The van der Waals surface area contributed by atoms with Gasteiger partial charge in [-0.3, -0.25) is 14.5 Å². The van der Waals surface area contributed by atoms with Crippen LogP contribution in [0, 0.1) is 6.92 Å². The van der Waals surface area contributed by atoms with Crippen LogP contribution in [-0.4, -0.2) is 72.6 Å². The Hall–Kier alpha value is -3.16. The van der Waals surface area contributed by atoms with Crippen molar-refractivity contribution in [2.45, 2.75) is 58.9 Å². The number of carbonyl (C=O) groups excluding carboxylic acids is 2. The molecule has 7 nitrogen and oxygen atoms in total. The van der Waals surface area contributed by atoms with Crippen LogP contribution in [0.3, 0.4) is 0 Å². The second kappa shape index (κ2) is 12.3. The largest absolute Gasteiger partial charge is 0.507 e. The lowest BCUT2D eigenvalue weighted by Gasteiger charge is -2.29. The molecule has 2 saturated heterocycles. The Morgan fingerprint density at radius 2 is 1.74 bits per heavy atom. The van der Waals surface area contributed by atoms with Gasteiger partial charge in [-0.2, -0.15) is 0 Å². The number of rotatable bonds is 9. The van der Waals surface area contributed by atoms with Crippen LogP contribution < -0.4 is 4.74 Å². The first-order chi connectivity index (χ1) is 18.6. The summed E-state index contributed by atoms with van der Waals surface area (Å²) in [5, 5.41) is 11.5. The molecule has 2 aromatic rings. The fourth-order valence-electron chi connectivity index (χ4n) is 5.27. The number of likely N-dealkylation sites (tertiary alicyclic amines) is 1. The van der Waals surface area contributed by atoms with Crippen LogP contribution in [0.1, 0.15) is 68.8 Å². The minimum atomic E-state index is -0.654. The van der Waals surface area contributed by atoms with Gasteiger partial charge in [0.1, 0.15) is 11.5 Å². The molecule has 0 unspecified atom stereocenters. The lowest BCUT2D eigenvalue weighted by atomic mass is 9.85. The molecule has 0 saturated carbocycles. The Balaban J connectivity index is 1.70. The van der Waals surface area contributed by atoms with Crippen molar-refractivity contribution >= 4 is 17.4 Å². The minimum absolute atomic E-state index is 0.0306. The van der Waals surface area contributed by atoms with Crippen LogP contribution in [0.15, 0.2) is 48.0 Å². The summed E-state index contributed by atoms with van der Waals surface area (Å²) < 4.78 is 11.2. The fraction of sp³-hybridized carbons (Fsp3) is 0.500. The zero-order valence-electron chi connectivity index (χ0n) is 24.0. The van der Waals surface area contributed by atoms with E-state index in [4.69, 9.17) is 9.47 Å². The number of hydrogen-bond donors (Lipinski definition) is 1. The lowest BCUT2D eigenvalue weighted by Crippen LogP contribution is -2.39. The molecule has 0 bridgehead atoms. The zero-order chi connectivity index (χ0) is 28.2. The number of benzene rings is 2. The fourth-order valence-corrected chi connectivity index (χ4v) is 5.27. The van der Waals surface area contributed by atoms with Crippen molar-refractivity contribution in [2.75, 3.05) is 46.0 Å². The molecule has 4 rings (SSSR count). The average Bonchev–Trinajstić information content (AvgIpc) is 3.17. The third kappa shape index (κ3) is 6.53. The third-order valence-electron chi connectivity index (χ3n) is 7.54. The predicted molar refractivity (Wildman–Crippen MR) is 153 cm³/mol. The molecule has 0 aromatic heterocycles. The maximum Gasteiger partial charge on any atom is 0.295 e. The van der Waals surface area contributed by atoms with Gasteiger partial charge in [0.05, 0.1) is 31.4 Å². The van der Waals surface area contributed by atoms with Crippen molar-refractivity contribution in [1.29, 1.82) is 0 Å². The van der Waals surface area contributed by atoms with Crippen molar-refractivity contribution < 1.29 is 24.2 Å². The van der Waals surface area contributed by atoms with Crippen LogP contribution in [-0.2, 0) is 19.7 Å². The predicted octanol–water partition coefficient (Wildman–Crippen LogP) is 5.23. The molecule has 1 N–H and O–H groups in total. The molecular weight excluding hydrogens is 492 g/mol. The van der Waals surface area contributed by atoms with Gasteiger partial charge < -0.3 is 19.5 Å². The molecule has 2 aliphatic rings. The number of aliphatic hydroxyl groups excluding tert-OH is 1. The molecule has 210 valence electrons. The first kappa shape index (κ1) is 28.8. The number of ether oxygens (including phenoxy) is 2. The van der Waals surface area contributed by atoms with Crippen molar-refractivity contribution in [3.8, 4) is 5.75 Å². The smallest absolute Gasteiger partial charge is 0.295 e. The number of ketones is 1. The van der Waals surface area contributed by atoms with E-state index in [-0.39, 0.29) is 16.7 Å². The Bertz CT molecular complexity index is 1210. The number of amides is 1. The monoisotopic (exact) mass is 534 g/mol. The van der Waals surface area contributed by atoms with Crippen LogP contribution in [0.5, 0.6) is 5.75 Å². The highest BCUT2D eigenvalue weighted by Crippen LogP contribution is 2.41. The molecule has 2 aromatic carbocycles. The lowest BCUT2D eigenvalue weighted by molar-refractivity contribution is -0.140. The Labute approximate surface area is 232 Å². The summed E-state index contributed by atoms with van der Waals surface area (Å²) in [5.41, 5.74) is 3.39. The summed E-state index contributed by atoms with van der Waals surface area (Å²) >= 11 is 0. The van der Waals surface area contributed by atoms with Gasteiger partial charge in [0.15, 0.2) is 0 Å². The summed E-state index contributed by atoms with van der Waals surface area (Å²) in [5.74, 6) is -0.643. The topological polar surface area (TPSA) is 79.3 Å². The summed E-state index contributed by atoms with van der Waals surface area (Å²) in [6.45, 7) is 15.4. The second-order valence-electron chi connectivity index (χ2n) is 11.5. The number of hydrogen-bond acceptors (Lipinski definition) is 6. The number of aliphatic hydroxyl groups is 1. The van der Waals surface area contributed by atoms with Gasteiger partial charge >= 0.3 is 0 Å². The normalized spacial score (nSPS) is 20.0. The molecule has 2 aliphatic heterocycles. The Kier molecular flexibility index (Phi) is 9.13. The minimum Gasteiger partial charge on any atom is -0.507 e. The van der Waals surface area contributed by atoms with Gasteiger partial charge in [0.2, 0.25) is 0 Å². The van der Waals surface area contributed by atoms with Crippen LogP contribution in [0.2, 0.25) is 0 Å².